The summed E-state index contributed by atoms with van der Waals surface area (Å²) in [6.45, 7) is 4.48. The van der Waals surface area contributed by atoms with Crippen LogP contribution in [-0.4, -0.2) is 75.1 Å². The number of nitro benzene ring substituents is 1. The number of amides is 2. The zero-order valence-corrected chi connectivity index (χ0v) is 31.4. The van der Waals surface area contributed by atoms with Gasteiger partial charge in [-0.2, -0.15) is 0 Å². The molecule has 2 amide bonds. The van der Waals surface area contributed by atoms with Crippen LogP contribution in [0.25, 0.3) is 11.1 Å². The van der Waals surface area contributed by atoms with Crippen molar-refractivity contribution in [3.63, 3.8) is 0 Å². The van der Waals surface area contributed by atoms with Crippen LogP contribution in [0.15, 0.2) is 125 Å². The number of nitrogens with zero attached hydrogens (tertiary/aromatic N) is 3. The molecule has 0 atom stereocenters. The maximum Gasteiger partial charge on any atom is 0.293 e. The first-order valence-corrected chi connectivity index (χ1v) is 19.9. The number of ether oxygens (including phenoxy) is 1. The normalized spacial score (nSPS) is 12.9. The fourth-order valence-electron chi connectivity index (χ4n) is 6.07. The molecule has 0 bridgehead atoms. The number of rotatable bonds is 14. The number of hydrogen-bond acceptors (Lipinski definition) is 10. The number of sulfonamides is 1. The lowest BCUT2D eigenvalue weighted by Gasteiger charge is -2.36. The third-order valence-corrected chi connectivity index (χ3v) is 11.2. The highest BCUT2D eigenvalue weighted by Gasteiger charge is 2.26. The summed E-state index contributed by atoms with van der Waals surface area (Å²) in [7, 11) is -4.45. The number of benzene rings is 5. The topological polar surface area (TPSA) is 151 Å². The summed E-state index contributed by atoms with van der Waals surface area (Å²) in [6, 6.07) is 31.0. The van der Waals surface area contributed by atoms with Crippen molar-refractivity contribution in [3.8, 4) is 16.9 Å². The molecule has 0 spiro atoms. The van der Waals surface area contributed by atoms with Crippen LogP contribution in [0, 0.1) is 15.9 Å². The monoisotopic (exact) mass is 783 g/mol. The van der Waals surface area contributed by atoms with Gasteiger partial charge in [0.05, 0.1) is 16.4 Å². The van der Waals surface area contributed by atoms with Gasteiger partial charge >= 0.3 is 0 Å². The average molecular weight is 784 g/mol. The van der Waals surface area contributed by atoms with Gasteiger partial charge in [-0.1, -0.05) is 36.4 Å². The Bertz CT molecular complexity index is 2290. The second kappa shape index (κ2) is 17.5. The van der Waals surface area contributed by atoms with Gasteiger partial charge in [-0.05, 0) is 85.3 Å². The molecule has 1 aliphatic heterocycles. The van der Waals surface area contributed by atoms with Crippen LogP contribution >= 0.6 is 11.8 Å². The minimum absolute atomic E-state index is 0.0694. The first-order chi connectivity index (χ1) is 26.5. The van der Waals surface area contributed by atoms with E-state index in [2.05, 4.69) is 5.32 Å². The van der Waals surface area contributed by atoms with Crippen LogP contribution in [0.4, 0.5) is 21.5 Å². The predicted octanol–water partition coefficient (Wildman–Crippen LogP) is 7.08. The number of carbonyl (C=O) groups excluding carboxylic acids is 2. The summed E-state index contributed by atoms with van der Waals surface area (Å²) in [4.78, 5) is 41.7. The molecular weight excluding hydrogens is 746 g/mol. The molecule has 1 heterocycles. The zero-order valence-electron chi connectivity index (χ0n) is 29.8. The molecule has 5 aromatic rings. The summed E-state index contributed by atoms with van der Waals surface area (Å²) in [6.07, 6.45) is 0. The molecule has 0 radical (unpaired) electrons. The molecule has 1 aliphatic rings. The van der Waals surface area contributed by atoms with E-state index in [1.54, 1.807) is 65.2 Å². The van der Waals surface area contributed by atoms with Crippen molar-refractivity contribution >= 4 is 50.7 Å². The van der Waals surface area contributed by atoms with E-state index in [9.17, 15) is 28.1 Å². The molecule has 0 aromatic heterocycles. The van der Waals surface area contributed by atoms with Gasteiger partial charge in [-0.3, -0.25) is 19.7 Å². The van der Waals surface area contributed by atoms with Crippen LogP contribution in [0.1, 0.15) is 27.6 Å². The fourth-order valence-corrected chi connectivity index (χ4v) is 7.85. The highest BCUT2D eigenvalue weighted by molar-refractivity contribution is 7.99. The largest absolute Gasteiger partial charge is 0.494 e. The van der Waals surface area contributed by atoms with E-state index < -0.39 is 37.3 Å². The van der Waals surface area contributed by atoms with Crippen molar-refractivity contribution in [1.82, 2.24) is 9.62 Å². The van der Waals surface area contributed by atoms with Gasteiger partial charge in [0.15, 0.2) is 0 Å². The molecule has 0 saturated carbocycles. The number of hydrogen-bond donors (Lipinski definition) is 2. The van der Waals surface area contributed by atoms with Crippen LogP contribution in [-0.2, 0) is 10.0 Å². The SMILES string of the molecule is CCOc1cccc(-c2ccc(C(=O)N3CCN(c4ccc(C(=O)NS(=O)(=O)c5ccc(NCCSc6ccccc6)c([N+](=O)[O-])c5)cc4)CC3)cc2F)c1. The number of anilines is 2. The molecular formula is C40H38FN5O7S2. The molecule has 284 valence electrons. The van der Waals surface area contributed by atoms with Crippen LogP contribution < -0.4 is 19.7 Å². The van der Waals surface area contributed by atoms with Crippen molar-refractivity contribution in [1.29, 1.82) is 0 Å². The fraction of sp³-hybridized carbons (Fsp3) is 0.200. The Morgan fingerprint density at radius 2 is 1.60 bits per heavy atom. The summed E-state index contributed by atoms with van der Waals surface area (Å²) >= 11 is 1.57. The summed E-state index contributed by atoms with van der Waals surface area (Å²) in [5, 5.41) is 14.8. The second-order valence-electron chi connectivity index (χ2n) is 12.4. The van der Waals surface area contributed by atoms with Crippen molar-refractivity contribution in [2.45, 2.75) is 16.7 Å². The Balaban J connectivity index is 1.02. The maximum absolute atomic E-state index is 15.2. The van der Waals surface area contributed by atoms with Crippen molar-refractivity contribution in [3.05, 3.63) is 142 Å². The first kappa shape index (κ1) is 38.8. The van der Waals surface area contributed by atoms with Crippen LogP contribution in [0.3, 0.4) is 0 Å². The molecule has 0 unspecified atom stereocenters. The van der Waals surface area contributed by atoms with Gasteiger partial charge in [-0.15, -0.1) is 11.8 Å². The third kappa shape index (κ3) is 9.60. The molecule has 1 saturated heterocycles. The van der Waals surface area contributed by atoms with Crippen LogP contribution in [0.2, 0.25) is 0 Å². The maximum atomic E-state index is 15.2. The summed E-state index contributed by atoms with van der Waals surface area (Å²) < 4.78 is 48.9. The highest BCUT2D eigenvalue weighted by atomic mass is 32.2. The number of piperazine rings is 1. The minimum atomic E-state index is -4.45. The lowest BCUT2D eigenvalue weighted by molar-refractivity contribution is -0.384. The van der Waals surface area contributed by atoms with E-state index in [0.29, 0.717) is 62.0 Å². The highest BCUT2D eigenvalue weighted by Crippen LogP contribution is 2.30. The number of carbonyl (C=O) groups is 2. The number of nitro groups is 1. The van der Waals surface area contributed by atoms with Crippen molar-refractivity contribution in [2.24, 2.45) is 0 Å². The van der Waals surface area contributed by atoms with E-state index in [1.165, 1.54) is 30.3 Å². The van der Waals surface area contributed by atoms with Crippen LogP contribution in [0.5, 0.6) is 5.75 Å². The first-order valence-electron chi connectivity index (χ1n) is 17.5. The van der Waals surface area contributed by atoms with Crippen molar-refractivity contribution < 1.29 is 32.1 Å². The lowest BCUT2D eigenvalue weighted by Crippen LogP contribution is -2.48. The Morgan fingerprint density at radius 1 is 0.873 bits per heavy atom. The standard InChI is InChI=1S/C40H38FN5O7S2/c1-2-53-32-8-6-7-29(25-32)35-17-13-30(26-36(35)41)40(48)45-22-20-44(21-23-45)31-14-11-28(12-15-31)39(47)43-55(51,52)34-16-18-37(38(27-34)46(49)50)42-19-24-54-33-9-4-3-5-10-33/h3-18,25-27,42H,2,19-24H2,1H3,(H,43,47). The van der Waals surface area contributed by atoms with Crippen molar-refractivity contribution in [2.75, 3.05) is 55.3 Å². The zero-order chi connectivity index (χ0) is 39.0. The molecule has 1 fully saturated rings. The van der Waals surface area contributed by atoms with E-state index in [4.69, 9.17) is 4.74 Å². The van der Waals surface area contributed by atoms with E-state index in [0.717, 1.165) is 16.6 Å². The van der Waals surface area contributed by atoms with Gasteiger partial charge < -0.3 is 19.9 Å². The third-order valence-electron chi connectivity index (χ3n) is 8.87. The van der Waals surface area contributed by atoms with E-state index in [-0.39, 0.29) is 22.7 Å². The Hall–Kier alpha value is -5.93. The molecule has 15 heteroatoms. The smallest absolute Gasteiger partial charge is 0.293 e. The molecule has 5 aromatic carbocycles. The molecule has 12 nitrogen and oxygen atoms in total. The number of halogens is 1. The van der Waals surface area contributed by atoms with E-state index >= 15 is 4.39 Å². The Kier molecular flexibility index (Phi) is 12.3. The molecule has 55 heavy (non-hydrogen) atoms. The quantitative estimate of drug-likeness (QED) is 0.0517. The van der Waals surface area contributed by atoms with Gasteiger partial charge in [-0.25, -0.2) is 17.5 Å². The molecule has 0 aliphatic carbocycles. The number of nitrogens with one attached hydrogen (secondary N) is 2. The summed E-state index contributed by atoms with van der Waals surface area (Å²) in [5.74, 6) is -0.433. The predicted molar refractivity (Wildman–Crippen MR) is 211 cm³/mol. The minimum Gasteiger partial charge on any atom is -0.494 e. The number of thioether (sulfide) groups is 1. The Morgan fingerprint density at radius 3 is 2.29 bits per heavy atom. The van der Waals surface area contributed by atoms with Gasteiger partial charge in [0.2, 0.25) is 0 Å². The molecule has 2 N–H and O–H groups in total. The Labute approximate surface area is 322 Å². The van der Waals surface area contributed by atoms with Gasteiger partial charge in [0.25, 0.3) is 27.5 Å². The summed E-state index contributed by atoms with van der Waals surface area (Å²) in [5.41, 5.74) is 1.82. The average Bonchev–Trinajstić information content (AvgIpc) is 3.19. The van der Waals surface area contributed by atoms with E-state index in [1.807, 2.05) is 46.9 Å². The molecule has 6 rings (SSSR count). The lowest BCUT2D eigenvalue weighted by atomic mass is 10.0. The van der Waals surface area contributed by atoms with Gasteiger partial charge in [0.1, 0.15) is 17.3 Å². The second-order valence-corrected chi connectivity index (χ2v) is 15.3. The van der Waals surface area contributed by atoms with Gasteiger partial charge in [0, 0.05) is 71.8 Å².